The molecule has 0 bridgehead atoms. The second kappa shape index (κ2) is 6.65. The maximum atomic E-state index is 4.81. The SMILES string of the molecule is C/N=C(/C)c1cccc(/C(C)=N/c2c(C)cc(C)cc2C)n1. The maximum absolute atomic E-state index is 4.81. The summed E-state index contributed by atoms with van der Waals surface area (Å²) in [6, 6.07) is 10.3. The number of pyridine rings is 1. The molecule has 0 radical (unpaired) electrons. The fourth-order valence-electron chi connectivity index (χ4n) is 2.53. The largest absolute Gasteiger partial charge is 0.291 e. The Morgan fingerprint density at radius 1 is 0.909 bits per heavy atom. The number of hydrogen-bond acceptors (Lipinski definition) is 3. The molecule has 2 rings (SSSR count). The standard InChI is InChI=1S/C19H23N3/c1-12-10-13(2)19(14(3)11-12)21-16(5)18-9-7-8-17(22-18)15(4)20-6/h7-11H,1-6H3/b20-15-,21-16+. The Morgan fingerprint density at radius 3 is 2.00 bits per heavy atom. The maximum Gasteiger partial charge on any atom is 0.0849 e. The van der Waals surface area contributed by atoms with Gasteiger partial charge in [0, 0.05) is 7.05 Å². The quantitative estimate of drug-likeness (QED) is 0.763. The van der Waals surface area contributed by atoms with Gasteiger partial charge in [-0.15, -0.1) is 0 Å². The smallest absolute Gasteiger partial charge is 0.0849 e. The minimum absolute atomic E-state index is 0.889. The third-order valence-corrected chi connectivity index (χ3v) is 3.74. The van der Waals surface area contributed by atoms with E-state index in [1.807, 2.05) is 32.0 Å². The van der Waals surface area contributed by atoms with E-state index in [1.165, 1.54) is 16.7 Å². The average molecular weight is 293 g/mol. The van der Waals surface area contributed by atoms with Crippen LogP contribution in [0, 0.1) is 20.8 Å². The van der Waals surface area contributed by atoms with Crippen LogP contribution in [-0.4, -0.2) is 23.5 Å². The van der Waals surface area contributed by atoms with E-state index in [9.17, 15) is 0 Å². The van der Waals surface area contributed by atoms with Crippen LogP contribution >= 0.6 is 0 Å². The number of hydrogen-bond donors (Lipinski definition) is 0. The van der Waals surface area contributed by atoms with E-state index in [-0.39, 0.29) is 0 Å². The van der Waals surface area contributed by atoms with Crippen molar-refractivity contribution in [2.24, 2.45) is 9.98 Å². The van der Waals surface area contributed by atoms with Gasteiger partial charge in [0.15, 0.2) is 0 Å². The first-order chi connectivity index (χ1) is 10.4. The number of aryl methyl sites for hydroxylation is 3. The minimum atomic E-state index is 0.889. The van der Waals surface area contributed by atoms with Crippen LogP contribution in [0.5, 0.6) is 0 Å². The molecular formula is C19H23N3. The Kier molecular flexibility index (Phi) is 4.86. The molecule has 1 heterocycles. The molecule has 0 aliphatic rings. The lowest BCUT2D eigenvalue weighted by molar-refractivity contribution is 1.22. The van der Waals surface area contributed by atoms with Crippen LogP contribution in [0.4, 0.5) is 5.69 Å². The van der Waals surface area contributed by atoms with Crippen molar-refractivity contribution < 1.29 is 0 Å². The molecule has 0 aliphatic carbocycles. The first kappa shape index (κ1) is 16.1. The van der Waals surface area contributed by atoms with Gasteiger partial charge in [0.05, 0.1) is 28.5 Å². The molecule has 2 aromatic rings. The summed E-state index contributed by atoms with van der Waals surface area (Å²) in [6.07, 6.45) is 0. The lowest BCUT2D eigenvalue weighted by Crippen LogP contribution is -2.05. The summed E-state index contributed by atoms with van der Waals surface area (Å²) in [6.45, 7) is 10.3. The zero-order valence-corrected chi connectivity index (χ0v) is 14.2. The molecule has 3 nitrogen and oxygen atoms in total. The van der Waals surface area contributed by atoms with Crippen molar-refractivity contribution in [1.82, 2.24) is 4.98 Å². The minimum Gasteiger partial charge on any atom is -0.291 e. The van der Waals surface area contributed by atoms with Crippen molar-refractivity contribution >= 4 is 17.1 Å². The van der Waals surface area contributed by atoms with Crippen LogP contribution in [0.25, 0.3) is 0 Å². The van der Waals surface area contributed by atoms with Crippen molar-refractivity contribution in [2.75, 3.05) is 7.05 Å². The normalized spacial score (nSPS) is 12.6. The van der Waals surface area contributed by atoms with E-state index < -0.39 is 0 Å². The molecule has 114 valence electrons. The Bertz CT molecular complexity index is 732. The summed E-state index contributed by atoms with van der Waals surface area (Å²) in [4.78, 5) is 13.7. The van der Waals surface area contributed by atoms with Crippen LogP contribution in [0.2, 0.25) is 0 Å². The second-order valence-corrected chi connectivity index (χ2v) is 5.66. The average Bonchev–Trinajstić information content (AvgIpc) is 2.50. The topological polar surface area (TPSA) is 37.6 Å². The fourth-order valence-corrected chi connectivity index (χ4v) is 2.53. The van der Waals surface area contributed by atoms with Gasteiger partial charge < -0.3 is 0 Å². The number of aliphatic imine (C=N–C) groups is 2. The van der Waals surface area contributed by atoms with Crippen LogP contribution in [0.1, 0.15) is 41.9 Å². The predicted molar refractivity (Wildman–Crippen MR) is 94.9 cm³/mol. The molecule has 0 saturated heterocycles. The molecule has 1 aromatic heterocycles. The number of aromatic nitrogens is 1. The summed E-state index contributed by atoms with van der Waals surface area (Å²) in [5, 5.41) is 0. The van der Waals surface area contributed by atoms with E-state index in [0.717, 1.165) is 28.5 Å². The molecule has 1 aromatic carbocycles. The van der Waals surface area contributed by atoms with Crippen LogP contribution < -0.4 is 0 Å². The molecule has 22 heavy (non-hydrogen) atoms. The fraction of sp³-hybridized carbons (Fsp3) is 0.316. The van der Waals surface area contributed by atoms with E-state index in [2.05, 4.69) is 42.9 Å². The van der Waals surface area contributed by atoms with Crippen molar-refractivity contribution in [2.45, 2.75) is 34.6 Å². The van der Waals surface area contributed by atoms with Gasteiger partial charge in [0.25, 0.3) is 0 Å². The lowest BCUT2D eigenvalue weighted by Gasteiger charge is -2.09. The molecule has 0 unspecified atom stereocenters. The van der Waals surface area contributed by atoms with Crippen LogP contribution in [0.3, 0.4) is 0 Å². The number of nitrogens with zero attached hydrogens (tertiary/aromatic N) is 3. The molecule has 0 atom stereocenters. The van der Waals surface area contributed by atoms with E-state index in [4.69, 9.17) is 4.99 Å². The highest BCUT2D eigenvalue weighted by atomic mass is 14.8. The Morgan fingerprint density at radius 2 is 1.45 bits per heavy atom. The van der Waals surface area contributed by atoms with Crippen LogP contribution in [0.15, 0.2) is 40.3 Å². The molecule has 0 amide bonds. The van der Waals surface area contributed by atoms with Gasteiger partial charge in [-0.1, -0.05) is 23.8 Å². The highest BCUT2D eigenvalue weighted by molar-refractivity contribution is 6.01. The third kappa shape index (κ3) is 3.48. The van der Waals surface area contributed by atoms with Crippen molar-refractivity contribution in [3.8, 4) is 0 Å². The van der Waals surface area contributed by atoms with Crippen molar-refractivity contribution in [3.05, 3.63) is 58.4 Å². The molecule has 3 heteroatoms. The number of benzene rings is 1. The summed E-state index contributed by atoms with van der Waals surface area (Å²) >= 11 is 0. The Labute approximate surface area is 132 Å². The monoisotopic (exact) mass is 293 g/mol. The van der Waals surface area contributed by atoms with Crippen LogP contribution in [-0.2, 0) is 0 Å². The van der Waals surface area contributed by atoms with Gasteiger partial charge in [-0.2, -0.15) is 0 Å². The Balaban J connectivity index is 2.46. The summed E-state index contributed by atoms with van der Waals surface area (Å²) < 4.78 is 0. The van der Waals surface area contributed by atoms with Gasteiger partial charge in [-0.05, 0) is 57.9 Å². The van der Waals surface area contributed by atoms with Gasteiger partial charge in [0.1, 0.15) is 0 Å². The Hall–Kier alpha value is -2.29. The zero-order valence-electron chi connectivity index (χ0n) is 14.2. The van der Waals surface area contributed by atoms with Gasteiger partial charge >= 0.3 is 0 Å². The first-order valence-electron chi connectivity index (χ1n) is 7.46. The lowest BCUT2D eigenvalue weighted by atomic mass is 10.1. The van der Waals surface area contributed by atoms with Crippen molar-refractivity contribution in [3.63, 3.8) is 0 Å². The summed E-state index contributed by atoms with van der Waals surface area (Å²) in [5.74, 6) is 0. The number of rotatable bonds is 3. The summed E-state index contributed by atoms with van der Waals surface area (Å²) in [5.41, 5.74) is 8.32. The molecule has 0 fully saturated rings. The van der Waals surface area contributed by atoms with Gasteiger partial charge in [0.2, 0.25) is 0 Å². The zero-order chi connectivity index (χ0) is 16.3. The summed E-state index contributed by atoms with van der Waals surface area (Å²) in [7, 11) is 1.78. The predicted octanol–water partition coefficient (Wildman–Crippen LogP) is 4.59. The molecular weight excluding hydrogens is 270 g/mol. The van der Waals surface area contributed by atoms with E-state index in [0.29, 0.717) is 0 Å². The van der Waals surface area contributed by atoms with Gasteiger partial charge in [-0.25, -0.2) is 4.98 Å². The third-order valence-electron chi connectivity index (χ3n) is 3.74. The van der Waals surface area contributed by atoms with E-state index >= 15 is 0 Å². The highest BCUT2D eigenvalue weighted by Gasteiger charge is 2.07. The molecule has 0 N–H and O–H groups in total. The molecule has 0 saturated carbocycles. The highest BCUT2D eigenvalue weighted by Crippen LogP contribution is 2.25. The first-order valence-corrected chi connectivity index (χ1v) is 7.46. The molecule has 0 aliphatic heterocycles. The van der Waals surface area contributed by atoms with Crippen molar-refractivity contribution in [1.29, 1.82) is 0 Å². The second-order valence-electron chi connectivity index (χ2n) is 5.66. The van der Waals surface area contributed by atoms with Gasteiger partial charge in [-0.3, -0.25) is 9.98 Å². The molecule has 0 spiro atoms. The van der Waals surface area contributed by atoms with E-state index in [1.54, 1.807) is 7.05 Å².